The van der Waals surface area contributed by atoms with E-state index in [1.807, 2.05) is 0 Å². The zero-order chi connectivity index (χ0) is 20.4. The molecule has 146 valence electrons. The number of nitrogens with one attached hydrogen (secondary N) is 1. The smallest absolute Gasteiger partial charge is 0.344 e. The maximum absolute atomic E-state index is 12.8. The first kappa shape index (κ1) is 20.8. The highest BCUT2D eigenvalue weighted by Gasteiger charge is 2.31. The van der Waals surface area contributed by atoms with Crippen LogP contribution in [0.3, 0.4) is 0 Å². The van der Waals surface area contributed by atoms with E-state index in [0.29, 0.717) is 0 Å². The fraction of sp³-hybridized carbons (Fsp3) is 0.294. The van der Waals surface area contributed by atoms with Crippen molar-refractivity contribution in [1.82, 2.24) is 0 Å². The molecule has 1 aromatic heterocycles. The summed E-state index contributed by atoms with van der Waals surface area (Å²) in [7, 11) is -2.95. The van der Waals surface area contributed by atoms with Gasteiger partial charge >= 0.3 is 5.97 Å². The molecular formula is C17H18ClNO7S. The lowest BCUT2D eigenvalue weighted by atomic mass is 10.1. The number of hydrogen-bond donors (Lipinski definition) is 1. The number of esters is 1. The molecule has 10 heteroatoms. The second-order valence-electron chi connectivity index (χ2n) is 5.41. The van der Waals surface area contributed by atoms with Crippen LogP contribution in [0.2, 0.25) is 5.02 Å². The van der Waals surface area contributed by atoms with E-state index in [9.17, 15) is 18.0 Å². The molecule has 1 N–H and O–H groups in total. The van der Waals surface area contributed by atoms with Crippen molar-refractivity contribution in [2.24, 2.45) is 0 Å². The third-order valence-electron chi connectivity index (χ3n) is 3.56. The van der Waals surface area contributed by atoms with E-state index >= 15 is 0 Å². The Labute approximate surface area is 161 Å². The monoisotopic (exact) mass is 415 g/mol. The van der Waals surface area contributed by atoms with Gasteiger partial charge in [-0.3, -0.25) is 4.79 Å². The van der Waals surface area contributed by atoms with Crippen LogP contribution >= 0.6 is 11.6 Å². The number of carbonyl (C=O) groups excluding carboxylic acids is 2. The molecule has 0 saturated carbocycles. The van der Waals surface area contributed by atoms with Gasteiger partial charge in [0.15, 0.2) is 5.78 Å². The van der Waals surface area contributed by atoms with E-state index in [1.54, 1.807) is 6.92 Å². The number of benzene rings is 1. The molecule has 27 heavy (non-hydrogen) atoms. The lowest BCUT2D eigenvalue weighted by Crippen LogP contribution is -2.17. The fourth-order valence-corrected chi connectivity index (χ4v) is 3.91. The van der Waals surface area contributed by atoms with Gasteiger partial charge in [0.1, 0.15) is 22.0 Å². The lowest BCUT2D eigenvalue weighted by molar-refractivity contribution is 0.0524. The van der Waals surface area contributed by atoms with E-state index in [0.717, 1.165) is 0 Å². The lowest BCUT2D eigenvalue weighted by Gasteiger charge is -2.11. The number of aryl methyl sites for hydroxylation is 1. The molecule has 0 aliphatic rings. The minimum absolute atomic E-state index is 0.0364. The first-order chi connectivity index (χ1) is 12.6. The zero-order valence-corrected chi connectivity index (χ0v) is 16.7. The summed E-state index contributed by atoms with van der Waals surface area (Å²) in [6.45, 7) is 4.30. The van der Waals surface area contributed by atoms with Gasteiger partial charge in [0.2, 0.25) is 5.88 Å². The van der Waals surface area contributed by atoms with Crippen molar-refractivity contribution in [3.05, 3.63) is 40.1 Å². The van der Waals surface area contributed by atoms with E-state index in [2.05, 4.69) is 4.72 Å². The molecule has 0 atom stereocenters. The Balaban J connectivity index is 2.60. The van der Waals surface area contributed by atoms with Crippen molar-refractivity contribution in [3.8, 4) is 5.75 Å². The SMILES string of the molecule is CCOC(=O)c1c(NS(=O)(=O)c2cc(Cl)ccc2OC)oc(C)c1C(C)=O. The van der Waals surface area contributed by atoms with Crippen molar-refractivity contribution < 1.29 is 31.9 Å². The molecule has 0 aliphatic heterocycles. The molecule has 1 heterocycles. The van der Waals surface area contributed by atoms with Gasteiger partial charge in [-0.2, -0.15) is 0 Å². The van der Waals surface area contributed by atoms with Crippen LogP contribution in [0.1, 0.15) is 40.3 Å². The number of sulfonamides is 1. The average Bonchev–Trinajstić information content (AvgIpc) is 2.90. The molecule has 0 fully saturated rings. The Morgan fingerprint density at radius 1 is 1.26 bits per heavy atom. The number of ketones is 1. The maximum atomic E-state index is 12.8. The van der Waals surface area contributed by atoms with Gasteiger partial charge in [-0.05, 0) is 39.0 Å². The average molecular weight is 416 g/mol. The molecule has 0 radical (unpaired) electrons. The molecule has 2 aromatic rings. The van der Waals surface area contributed by atoms with Gasteiger partial charge in [-0.25, -0.2) is 17.9 Å². The number of Topliss-reactive ketones (excluding diaryl/α,β-unsaturated/α-hetero) is 1. The van der Waals surface area contributed by atoms with Gasteiger partial charge in [0.25, 0.3) is 10.0 Å². The molecule has 0 bridgehead atoms. The predicted molar refractivity (Wildman–Crippen MR) is 98.2 cm³/mol. The number of rotatable bonds is 7. The summed E-state index contributed by atoms with van der Waals surface area (Å²) in [6.07, 6.45) is 0. The molecule has 8 nitrogen and oxygen atoms in total. The number of ether oxygens (including phenoxy) is 2. The summed E-state index contributed by atoms with van der Waals surface area (Å²) in [5, 5.41) is 0.168. The van der Waals surface area contributed by atoms with Crippen molar-refractivity contribution in [2.75, 3.05) is 18.4 Å². The topological polar surface area (TPSA) is 112 Å². The molecule has 1 aromatic carbocycles. The summed E-state index contributed by atoms with van der Waals surface area (Å²) >= 11 is 5.89. The standard InChI is InChI=1S/C17H18ClNO7S/c1-5-25-17(21)15-14(9(2)20)10(3)26-16(15)19-27(22,23)13-8-11(18)6-7-12(13)24-4/h6-8,19H,5H2,1-4H3. The first-order valence-corrected chi connectivity index (χ1v) is 9.66. The fourth-order valence-electron chi connectivity index (χ4n) is 2.48. The summed E-state index contributed by atoms with van der Waals surface area (Å²) < 4.78 is 43.1. The van der Waals surface area contributed by atoms with Crippen LogP contribution in [0.5, 0.6) is 5.75 Å². The quantitative estimate of drug-likeness (QED) is 0.544. The summed E-state index contributed by atoms with van der Waals surface area (Å²) in [4.78, 5) is 23.9. The highest BCUT2D eigenvalue weighted by Crippen LogP contribution is 2.33. The Bertz CT molecular complexity index is 995. The Morgan fingerprint density at radius 3 is 2.48 bits per heavy atom. The second-order valence-corrected chi connectivity index (χ2v) is 7.50. The van der Waals surface area contributed by atoms with Gasteiger partial charge in [-0.15, -0.1) is 0 Å². The second kappa shape index (κ2) is 8.01. The van der Waals surface area contributed by atoms with Crippen LogP contribution in [-0.4, -0.2) is 33.9 Å². The predicted octanol–water partition coefficient (Wildman–Crippen LogP) is 3.43. The van der Waals surface area contributed by atoms with Crippen molar-refractivity contribution in [1.29, 1.82) is 0 Å². The molecule has 0 amide bonds. The summed E-state index contributed by atoms with van der Waals surface area (Å²) in [5.41, 5.74) is -0.337. The molecule has 2 rings (SSSR count). The van der Waals surface area contributed by atoms with Gasteiger partial charge in [-0.1, -0.05) is 11.6 Å². The summed E-state index contributed by atoms with van der Waals surface area (Å²) in [5.74, 6) is -1.64. The van der Waals surface area contributed by atoms with E-state index < -0.39 is 27.7 Å². The number of anilines is 1. The van der Waals surface area contributed by atoms with E-state index in [-0.39, 0.29) is 39.2 Å². The van der Waals surface area contributed by atoms with E-state index in [1.165, 1.54) is 39.2 Å². The molecule has 0 saturated heterocycles. The van der Waals surface area contributed by atoms with Gasteiger partial charge < -0.3 is 13.9 Å². The van der Waals surface area contributed by atoms with Crippen molar-refractivity contribution >= 4 is 39.3 Å². The highest BCUT2D eigenvalue weighted by molar-refractivity contribution is 7.92. The first-order valence-electron chi connectivity index (χ1n) is 7.80. The van der Waals surface area contributed by atoms with Crippen LogP contribution in [0.15, 0.2) is 27.5 Å². The van der Waals surface area contributed by atoms with E-state index in [4.69, 9.17) is 25.5 Å². The van der Waals surface area contributed by atoms with Crippen molar-refractivity contribution in [2.45, 2.75) is 25.7 Å². The minimum atomic E-state index is -4.25. The molecular weight excluding hydrogens is 398 g/mol. The van der Waals surface area contributed by atoms with Crippen LogP contribution in [0.4, 0.5) is 5.88 Å². The van der Waals surface area contributed by atoms with Gasteiger partial charge in [0.05, 0.1) is 19.3 Å². The number of methoxy groups -OCH3 is 1. The number of carbonyl (C=O) groups is 2. The third kappa shape index (κ3) is 4.25. The van der Waals surface area contributed by atoms with Crippen LogP contribution in [-0.2, 0) is 14.8 Å². The number of furan rings is 1. The minimum Gasteiger partial charge on any atom is -0.495 e. The third-order valence-corrected chi connectivity index (χ3v) is 5.15. The Morgan fingerprint density at radius 2 is 1.93 bits per heavy atom. The molecule has 0 spiro atoms. The molecule has 0 unspecified atom stereocenters. The van der Waals surface area contributed by atoms with Crippen LogP contribution in [0, 0.1) is 6.92 Å². The Kier molecular flexibility index (Phi) is 6.17. The van der Waals surface area contributed by atoms with Gasteiger partial charge in [0, 0.05) is 5.02 Å². The van der Waals surface area contributed by atoms with Crippen LogP contribution in [0.25, 0.3) is 0 Å². The van der Waals surface area contributed by atoms with Crippen LogP contribution < -0.4 is 9.46 Å². The number of hydrogen-bond acceptors (Lipinski definition) is 7. The zero-order valence-electron chi connectivity index (χ0n) is 15.1. The highest BCUT2D eigenvalue weighted by atomic mass is 35.5. The molecule has 0 aliphatic carbocycles. The largest absolute Gasteiger partial charge is 0.495 e. The maximum Gasteiger partial charge on any atom is 0.344 e. The Hall–Kier alpha value is -2.52. The normalized spacial score (nSPS) is 11.1. The van der Waals surface area contributed by atoms with Crippen molar-refractivity contribution in [3.63, 3.8) is 0 Å². The number of halogens is 1. The summed E-state index contributed by atoms with van der Waals surface area (Å²) in [6, 6.07) is 4.04.